The highest BCUT2D eigenvalue weighted by molar-refractivity contribution is 5.93. The molecule has 1 heterocycles. The number of carbonyl (C=O) groups is 2. The van der Waals surface area contributed by atoms with Crippen LogP contribution in [0.5, 0.6) is 11.5 Å². The second kappa shape index (κ2) is 9.95. The Hall–Kier alpha value is -3.88. The highest BCUT2D eigenvalue weighted by Crippen LogP contribution is 2.35. The van der Waals surface area contributed by atoms with E-state index in [9.17, 15) is 14.7 Å². The molecule has 3 aromatic rings. The molecule has 0 fully saturated rings. The topological polar surface area (TPSA) is 113 Å². The highest BCUT2D eigenvalue weighted by atomic mass is 16.5. The summed E-state index contributed by atoms with van der Waals surface area (Å²) in [5, 5.41) is 19.4. The number of phenolic OH excluding ortho intramolecular Hbond substituents is 1. The van der Waals surface area contributed by atoms with Crippen LogP contribution in [0.3, 0.4) is 0 Å². The molecule has 0 saturated carbocycles. The molecule has 0 spiro atoms. The molecule has 0 bridgehead atoms. The monoisotopic (exact) mass is 439 g/mol. The van der Waals surface area contributed by atoms with Crippen LogP contribution in [-0.4, -0.2) is 52.4 Å². The van der Waals surface area contributed by atoms with Gasteiger partial charge in [0.25, 0.3) is 0 Å². The van der Waals surface area contributed by atoms with Gasteiger partial charge in [0.2, 0.25) is 0 Å². The van der Waals surface area contributed by atoms with Gasteiger partial charge in [-0.25, -0.2) is 9.59 Å². The summed E-state index contributed by atoms with van der Waals surface area (Å²) < 4.78 is 15.5. The van der Waals surface area contributed by atoms with Gasteiger partial charge in [0.1, 0.15) is 28.2 Å². The van der Waals surface area contributed by atoms with Crippen LogP contribution in [0.2, 0.25) is 0 Å². The predicted octanol–water partition coefficient (Wildman–Crippen LogP) is 3.42. The Labute approximate surface area is 185 Å². The van der Waals surface area contributed by atoms with Crippen LogP contribution >= 0.6 is 0 Å². The first-order valence-corrected chi connectivity index (χ1v) is 10.1. The number of ether oxygens (including phenoxy) is 3. The maximum Gasteiger partial charge on any atom is 0.338 e. The Morgan fingerprint density at radius 3 is 2.47 bits per heavy atom. The van der Waals surface area contributed by atoms with E-state index in [1.165, 1.54) is 4.80 Å². The van der Waals surface area contributed by atoms with Gasteiger partial charge in [0, 0.05) is 11.6 Å². The molecule has 168 valence electrons. The van der Waals surface area contributed by atoms with Crippen LogP contribution in [0.1, 0.15) is 34.3 Å². The van der Waals surface area contributed by atoms with Gasteiger partial charge in [-0.1, -0.05) is 6.58 Å². The second-order valence-corrected chi connectivity index (χ2v) is 7.13. The van der Waals surface area contributed by atoms with E-state index in [-0.39, 0.29) is 19.0 Å². The van der Waals surface area contributed by atoms with E-state index in [0.29, 0.717) is 46.4 Å². The fourth-order valence-electron chi connectivity index (χ4n) is 3.23. The highest BCUT2D eigenvalue weighted by Gasteiger charge is 2.17. The fourth-order valence-corrected chi connectivity index (χ4v) is 3.23. The van der Waals surface area contributed by atoms with E-state index in [0.717, 1.165) is 11.6 Å². The SMILES string of the molecule is C=CC(=O)OCCCCOC(=O)c1ccc2nn(-c3cc(C)c(OC)c(C)c3O)nc2c1. The van der Waals surface area contributed by atoms with Crippen LogP contribution in [0.15, 0.2) is 36.9 Å². The lowest BCUT2D eigenvalue weighted by molar-refractivity contribution is -0.137. The minimum atomic E-state index is -0.483. The number of hydrogen-bond acceptors (Lipinski definition) is 8. The van der Waals surface area contributed by atoms with E-state index in [1.807, 2.05) is 6.92 Å². The van der Waals surface area contributed by atoms with Gasteiger partial charge in [-0.3, -0.25) is 0 Å². The maximum atomic E-state index is 12.3. The summed E-state index contributed by atoms with van der Waals surface area (Å²) in [6, 6.07) is 6.61. The van der Waals surface area contributed by atoms with Crippen molar-refractivity contribution in [3.8, 4) is 17.2 Å². The smallest absolute Gasteiger partial charge is 0.338 e. The van der Waals surface area contributed by atoms with Gasteiger partial charge in [-0.2, -0.15) is 0 Å². The first-order valence-electron chi connectivity index (χ1n) is 10.1. The molecule has 1 aromatic heterocycles. The minimum absolute atomic E-state index is 0.0196. The average molecular weight is 439 g/mol. The Bertz CT molecular complexity index is 1170. The van der Waals surface area contributed by atoms with E-state index in [4.69, 9.17) is 14.2 Å². The largest absolute Gasteiger partial charge is 0.505 e. The molecule has 0 amide bonds. The third kappa shape index (κ3) is 4.88. The number of hydrogen-bond donors (Lipinski definition) is 1. The number of rotatable bonds is 9. The summed E-state index contributed by atoms with van der Waals surface area (Å²) in [5.41, 5.74) is 3.24. The van der Waals surface area contributed by atoms with Gasteiger partial charge in [0.05, 0.1) is 25.9 Å². The number of aromatic nitrogens is 3. The van der Waals surface area contributed by atoms with Gasteiger partial charge >= 0.3 is 11.9 Å². The summed E-state index contributed by atoms with van der Waals surface area (Å²) in [5.74, 6) is -0.335. The summed E-state index contributed by atoms with van der Waals surface area (Å²) in [6.45, 7) is 7.39. The zero-order chi connectivity index (χ0) is 23.3. The number of carbonyl (C=O) groups excluding carboxylic acids is 2. The zero-order valence-electron chi connectivity index (χ0n) is 18.3. The van der Waals surface area contributed by atoms with Gasteiger partial charge in [-0.15, -0.1) is 15.0 Å². The van der Waals surface area contributed by atoms with Crippen molar-refractivity contribution >= 4 is 23.0 Å². The molecular weight excluding hydrogens is 414 g/mol. The summed E-state index contributed by atoms with van der Waals surface area (Å²) in [4.78, 5) is 24.6. The van der Waals surface area contributed by atoms with Gasteiger partial charge in [0.15, 0.2) is 0 Å². The molecule has 0 saturated heterocycles. The van der Waals surface area contributed by atoms with Crippen LogP contribution in [-0.2, 0) is 14.3 Å². The van der Waals surface area contributed by atoms with Crippen molar-refractivity contribution < 1.29 is 28.9 Å². The number of nitrogens with zero attached hydrogens (tertiary/aromatic N) is 3. The van der Waals surface area contributed by atoms with Crippen LogP contribution < -0.4 is 4.74 Å². The van der Waals surface area contributed by atoms with E-state index in [2.05, 4.69) is 16.8 Å². The molecule has 0 atom stereocenters. The molecule has 0 unspecified atom stereocenters. The summed E-state index contributed by atoms with van der Waals surface area (Å²) in [7, 11) is 1.55. The second-order valence-electron chi connectivity index (χ2n) is 7.13. The number of phenols is 1. The van der Waals surface area contributed by atoms with Crippen molar-refractivity contribution in [2.45, 2.75) is 26.7 Å². The molecule has 1 N–H and O–H groups in total. The Morgan fingerprint density at radius 2 is 1.78 bits per heavy atom. The van der Waals surface area contributed by atoms with E-state index >= 15 is 0 Å². The number of methoxy groups -OCH3 is 1. The standard InChI is InChI=1S/C23H25N3O6/c1-5-20(27)31-10-6-7-11-32-23(29)16-8-9-17-18(13-16)25-26(24-17)19-12-14(2)22(30-4)15(3)21(19)28/h5,8-9,12-13,28H,1,6-7,10-11H2,2-4H3. The minimum Gasteiger partial charge on any atom is -0.505 e. The normalized spacial score (nSPS) is 10.7. The first kappa shape index (κ1) is 22.8. The lowest BCUT2D eigenvalue weighted by Gasteiger charge is -2.13. The molecule has 0 aliphatic carbocycles. The Balaban J connectivity index is 1.70. The number of benzene rings is 2. The van der Waals surface area contributed by atoms with Gasteiger partial charge < -0.3 is 19.3 Å². The van der Waals surface area contributed by atoms with Crippen molar-refractivity contribution in [3.05, 3.63) is 53.6 Å². The quantitative estimate of drug-likeness (QED) is 0.307. The van der Waals surface area contributed by atoms with Crippen molar-refractivity contribution in [2.75, 3.05) is 20.3 Å². The third-order valence-electron chi connectivity index (χ3n) is 4.87. The zero-order valence-corrected chi connectivity index (χ0v) is 18.3. The summed E-state index contributed by atoms with van der Waals surface area (Å²) >= 11 is 0. The Morgan fingerprint density at radius 1 is 1.09 bits per heavy atom. The van der Waals surface area contributed by atoms with Crippen molar-refractivity contribution in [3.63, 3.8) is 0 Å². The molecule has 0 radical (unpaired) electrons. The molecule has 0 aliphatic rings. The molecule has 0 aliphatic heterocycles. The number of fused-ring (bicyclic) bond motifs is 1. The predicted molar refractivity (Wildman–Crippen MR) is 117 cm³/mol. The average Bonchev–Trinajstić information content (AvgIpc) is 3.21. The maximum absolute atomic E-state index is 12.3. The number of aryl methyl sites for hydroxylation is 1. The van der Waals surface area contributed by atoms with Crippen LogP contribution in [0.4, 0.5) is 0 Å². The van der Waals surface area contributed by atoms with E-state index < -0.39 is 11.9 Å². The molecule has 9 heteroatoms. The fraction of sp³-hybridized carbons (Fsp3) is 0.304. The third-order valence-corrected chi connectivity index (χ3v) is 4.87. The lowest BCUT2D eigenvalue weighted by atomic mass is 10.1. The number of unbranched alkanes of at least 4 members (excludes halogenated alkanes) is 1. The van der Waals surface area contributed by atoms with Crippen molar-refractivity contribution in [2.24, 2.45) is 0 Å². The van der Waals surface area contributed by atoms with Crippen molar-refractivity contribution in [1.29, 1.82) is 0 Å². The molecular formula is C23H25N3O6. The number of esters is 2. The first-order chi connectivity index (χ1) is 15.3. The lowest BCUT2D eigenvalue weighted by Crippen LogP contribution is -2.08. The molecule has 2 aromatic carbocycles. The van der Waals surface area contributed by atoms with E-state index in [1.54, 1.807) is 38.3 Å². The van der Waals surface area contributed by atoms with Crippen molar-refractivity contribution in [1.82, 2.24) is 15.0 Å². The molecule has 32 heavy (non-hydrogen) atoms. The molecule has 9 nitrogen and oxygen atoms in total. The molecule has 3 rings (SSSR count). The summed E-state index contributed by atoms with van der Waals surface area (Å²) in [6.07, 6.45) is 2.24. The number of aromatic hydroxyl groups is 1. The van der Waals surface area contributed by atoms with Gasteiger partial charge in [-0.05, 0) is 56.5 Å². The Kier molecular flexibility index (Phi) is 7.09. The van der Waals surface area contributed by atoms with Crippen LogP contribution in [0.25, 0.3) is 16.7 Å². The van der Waals surface area contributed by atoms with Crippen LogP contribution in [0, 0.1) is 13.8 Å².